The van der Waals surface area contributed by atoms with Gasteiger partial charge in [-0.05, 0) is 54.0 Å². The molecule has 124 valence electrons. The van der Waals surface area contributed by atoms with Gasteiger partial charge in [0.1, 0.15) is 17.2 Å². The Hall–Kier alpha value is -1.14. The van der Waals surface area contributed by atoms with Crippen LogP contribution in [0, 0.1) is 0 Å². The minimum absolute atomic E-state index is 0.00840. The first kappa shape index (κ1) is 19.9. The van der Waals surface area contributed by atoms with E-state index in [2.05, 4.69) is 0 Å². The Bertz CT molecular complexity index is 348. The van der Waals surface area contributed by atoms with Crippen LogP contribution in [-0.2, 0) is 19.1 Å². The van der Waals surface area contributed by atoms with Crippen molar-refractivity contribution in [3.63, 3.8) is 0 Å². The van der Waals surface area contributed by atoms with E-state index in [9.17, 15) is 9.59 Å². The first-order valence-electron chi connectivity index (χ1n) is 7.37. The summed E-state index contributed by atoms with van der Waals surface area (Å²) in [6.45, 7) is 9.28. The van der Waals surface area contributed by atoms with Crippen LogP contribution in [0.3, 0.4) is 0 Å². The SMILES string of the molecule is CC(C)(C)OC(=O)CC(C)(C)OC(=O)[C@@H](N)CCCCN. The lowest BCUT2D eigenvalue weighted by Gasteiger charge is -2.28. The number of carbonyl (C=O) groups is 2. The highest BCUT2D eigenvalue weighted by Gasteiger charge is 2.31. The molecule has 0 aliphatic rings. The molecule has 0 spiro atoms. The summed E-state index contributed by atoms with van der Waals surface area (Å²) in [5.74, 6) is -0.905. The van der Waals surface area contributed by atoms with Crippen LogP contribution in [0.1, 0.15) is 60.3 Å². The van der Waals surface area contributed by atoms with Crippen LogP contribution < -0.4 is 11.5 Å². The molecule has 0 radical (unpaired) electrons. The molecule has 0 aromatic heterocycles. The Morgan fingerprint density at radius 1 is 1.05 bits per heavy atom. The number of rotatable bonds is 8. The van der Waals surface area contributed by atoms with E-state index in [1.807, 2.05) is 0 Å². The second-order valence-corrected chi connectivity index (χ2v) is 6.83. The number of carbonyl (C=O) groups excluding carboxylic acids is 2. The Morgan fingerprint density at radius 2 is 1.62 bits per heavy atom. The fraction of sp³-hybridized carbons (Fsp3) is 0.867. The molecular formula is C15H30N2O4. The molecule has 0 aliphatic carbocycles. The van der Waals surface area contributed by atoms with Crippen molar-refractivity contribution in [3.8, 4) is 0 Å². The molecule has 0 fully saturated rings. The zero-order chi connectivity index (χ0) is 16.7. The molecule has 0 unspecified atom stereocenters. The standard InChI is InChI=1S/C15H30N2O4/c1-14(2,3)20-12(18)10-15(4,5)21-13(19)11(17)8-6-7-9-16/h11H,6-10,16-17H2,1-5H3/t11-/m0/s1. The van der Waals surface area contributed by atoms with Crippen molar-refractivity contribution < 1.29 is 19.1 Å². The number of hydrogen-bond acceptors (Lipinski definition) is 6. The lowest BCUT2D eigenvalue weighted by Crippen LogP contribution is -2.40. The topological polar surface area (TPSA) is 105 Å². The predicted molar refractivity (Wildman–Crippen MR) is 81.5 cm³/mol. The summed E-state index contributed by atoms with van der Waals surface area (Å²) in [7, 11) is 0. The lowest BCUT2D eigenvalue weighted by molar-refractivity contribution is -0.169. The maximum Gasteiger partial charge on any atom is 0.323 e. The van der Waals surface area contributed by atoms with Gasteiger partial charge in [-0.25, -0.2) is 0 Å². The molecule has 6 nitrogen and oxygen atoms in total. The molecule has 21 heavy (non-hydrogen) atoms. The zero-order valence-electron chi connectivity index (χ0n) is 13.9. The van der Waals surface area contributed by atoms with Gasteiger partial charge in [0.05, 0.1) is 6.42 Å². The van der Waals surface area contributed by atoms with E-state index in [0.717, 1.165) is 12.8 Å². The number of ether oxygens (including phenoxy) is 2. The molecule has 0 saturated carbocycles. The largest absolute Gasteiger partial charge is 0.460 e. The van der Waals surface area contributed by atoms with Gasteiger partial charge >= 0.3 is 11.9 Å². The van der Waals surface area contributed by atoms with Gasteiger partial charge in [-0.2, -0.15) is 0 Å². The van der Waals surface area contributed by atoms with Crippen molar-refractivity contribution in [2.24, 2.45) is 11.5 Å². The Kier molecular flexibility index (Phi) is 7.89. The van der Waals surface area contributed by atoms with Crippen molar-refractivity contribution >= 4 is 11.9 Å². The molecular weight excluding hydrogens is 272 g/mol. The third kappa shape index (κ3) is 10.3. The lowest BCUT2D eigenvalue weighted by atomic mass is 10.0. The first-order chi connectivity index (χ1) is 9.47. The van der Waals surface area contributed by atoms with E-state index < -0.39 is 29.2 Å². The molecule has 0 bridgehead atoms. The van der Waals surface area contributed by atoms with E-state index in [-0.39, 0.29) is 6.42 Å². The Labute approximate surface area is 127 Å². The summed E-state index contributed by atoms with van der Waals surface area (Å²) in [4.78, 5) is 23.7. The average Bonchev–Trinajstić information content (AvgIpc) is 2.24. The summed E-state index contributed by atoms with van der Waals surface area (Å²) >= 11 is 0. The maximum atomic E-state index is 11.9. The molecule has 0 amide bonds. The molecule has 0 heterocycles. The van der Waals surface area contributed by atoms with Crippen LogP contribution in [0.15, 0.2) is 0 Å². The van der Waals surface area contributed by atoms with Crippen LogP contribution in [0.4, 0.5) is 0 Å². The second kappa shape index (κ2) is 8.34. The van der Waals surface area contributed by atoms with Crippen molar-refractivity contribution in [3.05, 3.63) is 0 Å². The number of esters is 2. The molecule has 0 aromatic rings. The van der Waals surface area contributed by atoms with E-state index in [4.69, 9.17) is 20.9 Å². The highest BCUT2D eigenvalue weighted by atomic mass is 16.6. The number of nitrogens with two attached hydrogens (primary N) is 2. The number of unbranched alkanes of at least 4 members (excludes halogenated alkanes) is 1. The van der Waals surface area contributed by atoms with Crippen LogP contribution in [-0.4, -0.2) is 35.7 Å². The van der Waals surface area contributed by atoms with Crippen LogP contribution in [0.25, 0.3) is 0 Å². The van der Waals surface area contributed by atoms with Gasteiger partial charge in [0.15, 0.2) is 0 Å². The smallest absolute Gasteiger partial charge is 0.323 e. The predicted octanol–water partition coefficient (Wildman–Crippen LogP) is 1.50. The van der Waals surface area contributed by atoms with Crippen LogP contribution in [0.5, 0.6) is 0 Å². The number of hydrogen-bond donors (Lipinski definition) is 2. The Balaban J connectivity index is 4.32. The minimum atomic E-state index is -0.940. The van der Waals surface area contributed by atoms with Crippen LogP contribution >= 0.6 is 0 Å². The van der Waals surface area contributed by atoms with Gasteiger partial charge in [0.2, 0.25) is 0 Å². The maximum absolute atomic E-state index is 11.9. The molecule has 1 atom stereocenters. The van der Waals surface area contributed by atoms with Gasteiger partial charge < -0.3 is 20.9 Å². The zero-order valence-corrected chi connectivity index (χ0v) is 13.9. The molecule has 6 heteroatoms. The fourth-order valence-corrected chi connectivity index (χ4v) is 1.74. The van der Waals surface area contributed by atoms with Crippen molar-refractivity contribution in [2.75, 3.05) is 6.54 Å². The highest BCUT2D eigenvalue weighted by molar-refractivity contribution is 5.77. The van der Waals surface area contributed by atoms with Crippen molar-refractivity contribution in [1.29, 1.82) is 0 Å². The highest BCUT2D eigenvalue weighted by Crippen LogP contribution is 2.19. The summed E-state index contributed by atoms with van der Waals surface area (Å²) in [5, 5.41) is 0. The third-order valence-corrected chi connectivity index (χ3v) is 2.64. The molecule has 4 N–H and O–H groups in total. The quantitative estimate of drug-likeness (QED) is 0.520. The van der Waals surface area contributed by atoms with Crippen molar-refractivity contribution in [1.82, 2.24) is 0 Å². The summed E-state index contributed by atoms with van der Waals surface area (Å²) in [6, 6.07) is -0.686. The average molecular weight is 302 g/mol. The summed E-state index contributed by atoms with van der Waals surface area (Å²) < 4.78 is 10.5. The van der Waals surface area contributed by atoms with Gasteiger partial charge in [0.25, 0.3) is 0 Å². The van der Waals surface area contributed by atoms with Gasteiger partial charge in [0, 0.05) is 0 Å². The molecule has 0 rings (SSSR count). The third-order valence-electron chi connectivity index (χ3n) is 2.64. The van der Waals surface area contributed by atoms with Gasteiger partial charge in [-0.1, -0.05) is 6.42 Å². The van der Waals surface area contributed by atoms with E-state index in [1.54, 1.807) is 34.6 Å². The molecule has 0 aromatic carbocycles. The molecule has 0 saturated heterocycles. The minimum Gasteiger partial charge on any atom is -0.460 e. The monoisotopic (exact) mass is 302 g/mol. The van der Waals surface area contributed by atoms with E-state index in [1.165, 1.54) is 0 Å². The molecule has 0 aliphatic heterocycles. The first-order valence-corrected chi connectivity index (χ1v) is 7.37. The normalized spacial score (nSPS) is 13.7. The summed E-state index contributed by atoms with van der Waals surface area (Å²) in [6.07, 6.45) is 2.12. The second-order valence-electron chi connectivity index (χ2n) is 6.83. The van der Waals surface area contributed by atoms with E-state index in [0.29, 0.717) is 13.0 Å². The van der Waals surface area contributed by atoms with E-state index >= 15 is 0 Å². The van der Waals surface area contributed by atoms with Crippen LogP contribution in [0.2, 0.25) is 0 Å². The Morgan fingerprint density at radius 3 is 2.10 bits per heavy atom. The van der Waals surface area contributed by atoms with Gasteiger partial charge in [-0.3, -0.25) is 9.59 Å². The van der Waals surface area contributed by atoms with Crippen molar-refractivity contribution in [2.45, 2.75) is 77.5 Å². The fourth-order valence-electron chi connectivity index (χ4n) is 1.74. The van der Waals surface area contributed by atoms with Gasteiger partial charge in [-0.15, -0.1) is 0 Å². The summed E-state index contributed by atoms with van der Waals surface area (Å²) in [5.41, 5.74) is 9.66.